The van der Waals surface area contributed by atoms with E-state index in [9.17, 15) is 9.59 Å². The first-order valence-corrected chi connectivity index (χ1v) is 7.71. The van der Waals surface area contributed by atoms with E-state index >= 15 is 0 Å². The van der Waals surface area contributed by atoms with E-state index in [-0.39, 0.29) is 5.91 Å². The van der Waals surface area contributed by atoms with Crippen LogP contribution in [0.2, 0.25) is 0 Å². The number of likely N-dealkylation sites (N-methyl/N-ethyl adjacent to an activating group) is 1. The number of carbonyl (C=O) groups excluding carboxylic acids is 2. The quantitative estimate of drug-likeness (QED) is 0.866. The molecule has 1 saturated carbocycles. The summed E-state index contributed by atoms with van der Waals surface area (Å²) in [4.78, 5) is 26.5. The second kappa shape index (κ2) is 6.48. The van der Waals surface area contributed by atoms with Crippen LogP contribution in [0.25, 0.3) is 0 Å². The number of primary amides is 1. The van der Waals surface area contributed by atoms with Crippen LogP contribution in [0.3, 0.4) is 0 Å². The number of hydrogen-bond acceptors (Lipinski definition) is 3. The van der Waals surface area contributed by atoms with Crippen molar-refractivity contribution >= 4 is 11.8 Å². The van der Waals surface area contributed by atoms with E-state index in [1.807, 2.05) is 50.2 Å². The van der Waals surface area contributed by atoms with Crippen LogP contribution < -0.4 is 11.1 Å². The van der Waals surface area contributed by atoms with E-state index in [2.05, 4.69) is 5.32 Å². The number of aryl methyl sites for hydroxylation is 1. The third kappa shape index (κ3) is 3.30. The maximum atomic E-state index is 12.8. The second-order valence-electron chi connectivity index (χ2n) is 6.42. The van der Waals surface area contributed by atoms with E-state index in [1.165, 1.54) is 0 Å². The fourth-order valence-corrected chi connectivity index (χ4v) is 3.24. The Morgan fingerprint density at radius 2 is 1.91 bits per heavy atom. The highest BCUT2D eigenvalue weighted by Gasteiger charge is 2.42. The van der Waals surface area contributed by atoms with Gasteiger partial charge in [-0.2, -0.15) is 0 Å². The minimum absolute atomic E-state index is 0.170. The molecule has 22 heavy (non-hydrogen) atoms. The molecule has 2 rings (SSSR count). The molecule has 120 valence electrons. The Bertz CT molecular complexity index is 563. The minimum atomic E-state index is -0.880. The summed E-state index contributed by atoms with van der Waals surface area (Å²) in [6.07, 6.45) is 3.09. The van der Waals surface area contributed by atoms with Gasteiger partial charge in [-0.3, -0.25) is 14.5 Å². The van der Waals surface area contributed by atoms with Crippen LogP contribution in [0.5, 0.6) is 0 Å². The van der Waals surface area contributed by atoms with Gasteiger partial charge in [-0.15, -0.1) is 0 Å². The predicted molar refractivity (Wildman–Crippen MR) is 86.1 cm³/mol. The number of nitrogens with one attached hydrogen (secondary N) is 1. The van der Waals surface area contributed by atoms with Crippen molar-refractivity contribution in [2.75, 3.05) is 14.1 Å². The molecule has 1 aromatic carbocycles. The summed E-state index contributed by atoms with van der Waals surface area (Å²) in [6.45, 7) is 2.00. The highest BCUT2D eigenvalue weighted by molar-refractivity contribution is 5.92. The van der Waals surface area contributed by atoms with Gasteiger partial charge in [0.1, 0.15) is 11.6 Å². The van der Waals surface area contributed by atoms with Crippen LogP contribution in [-0.4, -0.2) is 36.3 Å². The summed E-state index contributed by atoms with van der Waals surface area (Å²) in [5.74, 6) is -0.601. The molecule has 0 bridgehead atoms. The molecule has 0 spiro atoms. The van der Waals surface area contributed by atoms with Crippen molar-refractivity contribution < 1.29 is 9.59 Å². The van der Waals surface area contributed by atoms with Crippen molar-refractivity contribution in [2.45, 2.75) is 44.2 Å². The molecular formula is C17H25N3O2. The molecular weight excluding hydrogens is 278 g/mol. The van der Waals surface area contributed by atoms with Gasteiger partial charge in [0.2, 0.25) is 11.8 Å². The summed E-state index contributed by atoms with van der Waals surface area (Å²) in [7, 11) is 3.72. The van der Waals surface area contributed by atoms with Crippen molar-refractivity contribution in [3.63, 3.8) is 0 Å². The topological polar surface area (TPSA) is 75.4 Å². The van der Waals surface area contributed by atoms with Gasteiger partial charge in [-0.05, 0) is 39.4 Å². The average Bonchev–Trinajstić information content (AvgIpc) is 2.88. The molecule has 3 N–H and O–H groups in total. The molecule has 1 aromatic rings. The molecule has 0 radical (unpaired) electrons. The van der Waals surface area contributed by atoms with Crippen molar-refractivity contribution in [3.8, 4) is 0 Å². The predicted octanol–water partition coefficient (Wildman–Crippen LogP) is 1.51. The lowest BCUT2D eigenvalue weighted by Crippen LogP contribution is -2.57. The zero-order valence-corrected chi connectivity index (χ0v) is 13.6. The summed E-state index contributed by atoms with van der Waals surface area (Å²) < 4.78 is 0. The zero-order chi connectivity index (χ0) is 16.3. The number of benzene rings is 1. The number of carbonyl (C=O) groups is 2. The van der Waals surface area contributed by atoms with Crippen LogP contribution in [0.4, 0.5) is 0 Å². The molecule has 1 atom stereocenters. The molecule has 0 unspecified atom stereocenters. The lowest BCUT2D eigenvalue weighted by Gasteiger charge is -2.31. The standard InChI is InChI=1S/C17H25N3O2/c1-12-7-6-8-13(11-12)14(20(2)3)15(21)19-17(16(18)22)9-4-5-10-17/h6-8,11,14H,4-5,9-10H2,1-3H3,(H2,18,22)(H,19,21)/t14-/m1/s1. The molecule has 0 aromatic heterocycles. The van der Waals surface area contributed by atoms with Crippen molar-refractivity contribution in [1.82, 2.24) is 10.2 Å². The van der Waals surface area contributed by atoms with Gasteiger partial charge >= 0.3 is 0 Å². The van der Waals surface area contributed by atoms with Crippen LogP contribution in [0.15, 0.2) is 24.3 Å². The Morgan fingerprint density at radius 1 is 1.27 bits per heavy atom. The number of rotatable bonds is 5. The molecule has 1 aliphatic carbocycles. The number of amides is 2. The number of nitrogens with zero attached hydrogens (tertiary/aromatic N) is 1. The summed E-state index contributed by atoms with van der Waals surface area (Å²) >= 11 is 0. The van der Waals surface area contributed by atoms with Crippen molar-refractivity contribution in [2.24, 2.45) is 5.73 Å². The monoisotopic (exact) mass is 303 g/mol. The Balaban J connectivity index is 2.25. The smallest absolute Gasteiger partial charge is 0.243 e. The van der Waals surface area contributed by atoms with Gasteiger partial charge in [0.15, 0.2) is 0 Å². The molecule has 5 heteroatoms. The third-order valence-corrected chi connectivity index (χ3v) is 4.41. The lowest BCUT2D eigenvalue weighted by molar-refractivity contribution is -0.134. The Labute approximate surface area is 131 Å². The Morgan fingerprint density at radius 3 is 2.41 bits per heavy atom. The van der Waals surface area contributed by atoms with E-state index in [1.54, 1.807) is 0 Å². The highest BCUT2D eigenvalue weighted by atomic mass is 16.2. The summed E-state index contributed by atoms with van der Waals surface area (Å²) in [5, 5.41) is 2.94. The van der Waals surface area contributed by atoms with E-state index < -0.39 is 17.5 Å². The molecule has 1 fully saturated rings. The normalized spacial score (nSPS) is 18.2. The van der Waals surface area contributed by atoms with Gasteiger partial charge in [0.25, 0.3) is 0 Å². The molecule has 5 nitrogen and oxygen atoms in total. The van der Waals surface area contributed by atoms with Crippen molar-refractivity contribution in [3.05, 3.63) is 35.4 Å². The first kappa shape index (κ1) is 16.5. The van der Waals surface area contributed by atoms with Crippen LogP contribution in [0.1, 0.15) is 42.9 Å². The fourth-order valence-electron chi connectivity index (χ4n) is 3.24. The van der Waals surface area contributed by atoms with E-state index in [0.717, 1.165) is 24.0 Å². The molecule has 1 aliphatic rings. The van der Waals surface area contributed by atoms with Crippen LogP contribution in [-0.2, 0) is 9.59 Å². The average molecular weight is 303 g/mol. The van der Waals surface area contributed by atoms with Crippen molar-refractivity contribution in [1.29, 1.82) is 0 Å². The lowest BCUT2D eigenvalue weighted by atomic mass is 9.94. The second-order valence-corrected chi connectivity index (χ2v) is 6.42. The Hall–Kier alpha value is -1.88. The van der Waals surface area contributed by atoms with Gasteiger partial charge in [-0.25, -0.2) is 0 Å². The van der Waals surface area contributed by atoms with Gasteiger partial charge in [0.05, 0.1) is 0 Å². The maximum absolute atomic E-state index is 12.8. The highest BCUT2D eigenvalue weighted by Crippen LogP contribution is 2.31. The SMILES string of the molecule is Cc1cccc([C@H](C(=O)NC2(C(N)=O)CCCC2)N(C)C)c1. The van der Waals surface area contributed by atoms with Gasteiger partial charge in [-0.1, -0.05) is 42.7 Å². The van der Waals surface area contributed by atoms with Gasteiger partial charge in [0, 0.05) is 0 Å². The van der Waals surface area contributed by atoms with Crippen LogP contribution >= 0.6 is 0 Å². The molecule has 2 amide bonds. The molecule has 0 aliphatic heterocycles. The first-order chi connectivity index (χ1) is 10.4. The van der Waals surface area contributed by atoms with E-state index in [0.29, 0.717) is 12.8 Å². The van der Waals surface area contributed by atoms with Crippen LogP contribution in [0, 0.1) is 6.92 Å². The number of hydrogen-bond donors (Lipinski definition) is 2. The fraction of sp³-hybridized carbons (Fsp3) is 0.529. The number of nitrogens with two attached hydrogens (primary N) is 1. The first-order valence-electron chi connectivity index (χ1n) is 7.71. The third-order valence-electron chi connectivity index (χ3n) is 4.41. The summed E-state index contributed by atoms with van der Waals surface area (Å²) in [6, 6.07) is 7.43. The molecule has 0 heterocycles. The summed E-state index contributed by atoms with van der Waals surface area (Å²) in [5.41, 5.74) is 6.69. The Kier molecular flexibility index (Phi) is 4.86. The van der Waals surface area contributed by atoms with E-state index in [4.69, 9.17) is 5.73 Å². The minimum Gasteiger partial charge on any atom is -0.368 e. The van der Waals surface area contributed by atoms with Gasteiger partial charge < -0.3 is 11.1 Å². The largest absolute Gasteiger partial charge is 0.368 e. The maximum Gasteiger partial charge on any atom is 0.243 e. The molecule has 0 saturated heterocycles. The zero-order valence-electron chi connectivity index (χ0n) is 13.6.